The van der Waals surface area contributed by atoms with Crippen LogP contribution in [0.4, 0.5) is 0 Å². The number of hydrogen-bond acceptors (Lipinski definition) is 2. The van der Waals surface area contributed by atoms with Gasteiger partial charge in [-0.3, -0.25) is 4.90 Å². The van der Waals surface area contributed by atoms with Gasteiger partial charge in [0.2, 0.25) is 0 Å². The van der Waals surface area contributed by atoms with E-state index in [0.717, 1.165) is 0 Å². The summed E-state index contributed by atoms with van der Waals surface area (Å²) in [5.74, 6) is 0. The van der Waals surface area contributed by atoms with Crippen LogP contribution in [0.25, 0.3) is 0 Å². The average Bonchev–Trinajstić information content (AvgIpc) is 2.16. The number of nitrogens with two attached hydrogens (primary N) is 1. The molecule has 1 saturated heterocycles. The van der Waals surface area contributed by atoms with Crippen molar-refractivity contribution in [2.24, 2.45) is 5.73 Å². The van der Waals surface area contributed by atoms with Crippen molar-refractivity contribution in [1.29, 1.82) is 0 Å². The molecule has 0 spiro atoms. The molecular formula is C11H22N2. The van der Waals surface area contributed by atoms with Crippen LogP contribution >= 0.6 is 0 Å². The van der Waals surface area contributed by atoms with Gasteiger partial charge in [0.15, 0.2) is 0 Å². The van der Waals surface area contributed by atoms with Crippen molar-refractivity contribution in [2.75, 3.05) is 6.54 Å². The standard InChI is InChI=1S/C11H22N2/c1-4-9(2)13-8-6-5-7-11(13)10(3)12/h4,9-11H,1,5-8,12H2,2-3H3. The van der Waals surface area contributed by atoms with Crippen LogP contribution in [-0.4, -0.2) is 29.6 Å². The first-order valence-corrected chi connectivity index (χ1v) is 5.30. The summed E-state index contributed by atoms with van der Waals surface area (Å²) in [6.07, 6.45) is 5.89. The van der Waals surface area contributed by atoms with Gasteiger partial charge in [0, 0.05) is 18.1 Å². The van der Waals surface area contributed by atoms with E-state index < -0.39 is 0 Å². The van der Waals surface area contributed by atoms with Crippen molar-refractivity contribution in [2.45, 2.75) is 51.2 Å². The van der Waals surface area contributed by atoms with Crippen molar-refractivity contribution in [1.82, 2.24) is 4.90 Å². The van der Waals surface area contributed by atoms with Gasteiger partial charge < -0.3 is 5.73 Å². The summed E-state index contributed by atoms with van der Waals surface area (Å²) >= 11 is 0. The number of hydrogen-bond donors (Lipinski definition) is 1. The maximum Gasteiger partial charge on any atom is 0.0250 e. The van der Waals surface area contributed by atoms with Crippen molar-refractivity contribution in [3.8, 4) is 0 Å². The molecule has 2 N–H and O–H groups in total. The van der Waals surface area contributed by atoms with E-state index in [0.29, 0.717) is 12.1 Å². The Bertz CT molecular complexity index is 165. The molecule has 0 bridgehead atoms. The van der Waals surface area contributed by atoms with E-state index in [1.807, 2.05) is 6.08 Å². The molecule has 2 nitrogen and oxygen atoms in total. The highest BCUT2D eigenvalue weighted by Crippen LogP contribution is 2.21. The monoisotopic (exact) mass is 182 g/mol. The number of rotatable bonds is 3. The number of likely N-dealkylation sites (tertiary alicyclic amines) is 1. The molecule has 1 rings (SSSR count). The number of nitrogens with zero attached hydrogens (tertiary/aromatic N) is 1. The first-order valence-electron chi connectivity index (χ1n) is 5.30. The molecule has 0 aliphatic carbocycles. The van der Waals surface area contributed by atoms with Crippen LogP contribution < -0.4 is 5.73 Å². The SMILES string of the molecule is C=CC(C)N1CCCCC1C(C)N. The molecule has 0 aromatic carbocycles. The highest BCUT2D eigenvalue weighted by molar-refractivity contribution is 4.92. The second kappa shape index (κ2) is 4.77. The predicted molar refractivity (Wildman–Crippen MR) is 57.7 cm³/mol. The molecule has 0 saturated carbocycles. The molecular weight excluding hydrogens is 160 g/mol. The maximum atomic E-state index is 5.97. The minimum absolute atomic E-state index is 0.280. The predicted octanol–water partition coefficient (Wildman–Crippen LogP) is 1.76. The summed E-state index contributed by atoms with van der Waals surface area (Å²) in [4.78, 5) is 2.49. The third-order valence-electron chi connectivity index (χ3n) is 3.06. The van der Waals surface area contributed by atoms with Gasteiger partial charge >= 0.3 is 0 Å². The zero-order valence-corrected chi connectivity index (χ0v) is 8.87. The average molecular weight is 182 g/mol. The van der Waals surface area contributed by atoms with Crippen LogP contribution in [0.1, 0.15) is 33.1 Å². The molecule has 13 heavy (non-hydrogen) atoms. The Morgan fingerprint density at radius 3 is 2.69 bits per heavy atom. The van der Waals surface area contributed by atoms with Gasteiger partial charge in [-0.1, -0.05) is 12.5 Å². The summed E-state index contributed by atoms with van der Waals surface area (Å²) in [5, 5.41) is 0. The van der Waals surface area contributed by atoms with Crippen LogP contribution in [0.2, 0.25) is 0 Å². The zero-order chi connectivity index (χ0) is 9.84. The van der Waals surface area contributed by atoms with Gasteiger partial charge in [0.25, 0.3) is 0 Å². The van der Waals surface area contributed by atoms with Gasteiger partial charge in [0.05, 0.1) is 0 Å². The van der Waals surface area contributed by atoms with Crippen molar-refractivity contribution in [3.63, 3.8) is 0 Å². The van der Waals surface area contributed by atoms with E-state index in [2.05, 4.69) is 25.3 Å². The largest absolute Gasteiger partial charge is 0.327 e. The van der Waals surface area contributed by atoms with Gasteiger partial charge in [-0.05, 0) is 33.2 Å². The van der Waals surface area contributed by atoms with Crippen LogP contribution in [0.5, 0.6) is 0 Å². The highest BCUT2D eigenvalue weighted by Gasteiger charge is 2.27. The number of piperidine rings is 1. The Balaban J connectivity index is 2.61. The lowest BCUT2D eigenvalue weighted by atomic mass is 9.95. The van der Waals surface area contributed by atoms with Gasteiger partial charge in [0.1, 0.15) is 0 Å². The van der Waals surface area contributed by atoms with E-state index in [9.17, 15) is 0 Å². The Kier molecular flexibility index (Phi) is 3.94. The third-order valence-corrected chi connectivity index (χ3v) is 3.06. The molecule has 3 unspecified atom stereocenters. The summed E-state index contributed by atoms with van der Waals surface area (Å²) < 4.78 is 0. The molecule has 1 aliphatic heterocycles. The van der Waals surface area contributed by atoms with Gasteiger partial charge in [-0.2, -0.15) is 0 Å². The van der Waals surface area contributed by atoms with E-state index >= 15 is 0 Å². The minimum atomic E-state index is 0.280. The van der Waals surface area contributed by atoms with E-state index in [1.54, 1.807) is 0 Å². The van der Waals surface area contributed by atoms with Crippen LogP contribution in [0.15, 0.2) is 12.7 Å². The summed E-state index contributed by atoms with van der Waals surface area (Å²) in [7, 11) is 0. The first-order chi connectivity index (χ1) is 6.16. The van der Waals surface area contributed by atoms with Crippen LogP contribution in [0, 0.1) is 0 Å². The molecule has 0 aromatic rings. The van der Waals surface area contributed by atoms with Gasteiger partial charge in [-0.25, -0.2) is 0 Å². The summed E-state index contributed by atoms with van der Waals surface area (Å²) in [6, 6.07) is 1.31. The Morgan fingerprint density at radius 1 is 1.46 bits per heavy atom. The summed E-state index contributed by atoms with van der Waals surface area (Å²) in [6.45, 7) is 9.34. The molecule has 0 amide bonds. The molecule has 0 radical (unpaired) electrons. The summed E-state index contributed by atoms with van der Waals surface area (Å²) in [5.41, 5.74) is 5.97. The molecule has 3 atom stereocenters. The second-order valence-electron chi connectivity index (χ2n) is 4.14. The Hall–Kier alpha value is -0.340. The lowest BCUT2D eigenvalue weighted by molar-refractivity contribution is 0.109. The normalized spacial score (nSPS) is 29.6. The third kappa shape index (κ3) is 2.55. The minimum Gasteiger partial charge on any atom is -0.327 e. The van der Waals surface area contributed by atoms with Crippen LogP contribution in [-0.2, 0) is 0 Å². The smallest absolute Gasteiger partial charge is 0.0250 e. The molecule has 2 heteroatoms. The quantitative estimate of drug-likeness (QED) is 0.674. The Labute approximate surface area is 81.8 Å². The van der Waals surface area contributed by atoms with Gasteiger partial charge in [-0.15, -0.1) is 6.58 Å². The van der Waals surface area contributed by atoms with E-state index in [-0.39, 0.29) is 6.04 Å². The highest BCUT2D eigenvalue weighted by atomic mass is 15.2. The van der Waals surface area contributed by atoms with Crippen molar-refractivity contribution < 1.29 is 0 Å². The maximum absolute atomic E-state index is 5.97. The molecule has 1 fully saturated rings. The fourth-order valence-corrected chi connectivity index (χ4v) is 2.19. The Morgan fingerprint density at radius 2 is 2.15 bits per heavy atom. The van der Waals surface area contributed by atoms with Crippen molar-refractivity contribution in [3.05, 3.63) is 12.7 Å². The molecule has 0 aromatic heterocycles. The molecule has 76 valence electrons. The van der Waals surface area contributed by atoms with Crippen LogP contribution in [0.3, 0.4) is 0 Å². The first kappa shape index (κ1) is 10.7. The topological polar surface area (TPSA) is 29.3 Å². The van der Waals surface area contributed by atoms with E-state index in [1.165, 1.54) is 25.8 Å². The lowest BCUT2D eigenvalue weighted by Gasteiger charge is -2.40. The molecule has 1 heterocycles. The fraction of sp³-hybridized carbons (Fsp3) is 0.818. The van der Waals surface area contributed by atoms with Crippen molar-refractivity contribution >= 4 is 0 Å². The zero-order valence-electron chi connectivity index (χ0n) is 8.87. The van der Waals surface area contributed by atoms with E-state index in [4.69, 9.17) is 5.73 Å². The second-order valence-corrected chi connectivity index (χ2v) is 4.14. The molecule has 1 aliphatic rings. The lowest BCUT2D eigenvalue weighted by Crippen LogP contribution is -2.52. The fourth-order valence-electron chi connectivity index (χ4n) is 2.19.